The second-order valence-electron chi connectivity index (χ2n) is 5.15. The van der Waals surface area contributed by atoms with Crippen LogP contribution in [-0.2, 0) is 6.61 Å². The van der Waals surface area contributed by atoms with Gasteiger partial charge in [-0.1, -0.05) is 43.3 Å². The fourth-order valence-corrected chi connectivity index (χ4v) is 2.93. The molecule has 0 amide bonds. The molecule has 0 saturated carbocycles. The fraction of sp³-hybridized carbons (Fsp3) is 0.294. The van der Waals surface area contributed by atoms with E-state index in [1.807, 2.05) is 0 Å². The van der Waals surface area contributed by atoms with Gasteiger partial charge in [-0.3, -0.25) is 0 Å². The smallest absolute Gasteiger partial charge is 0.126 e. The molecule has 2 aromatic carbocycles. The molecule has 0 saturated heterocycles. The Morgan fingerprint density at radius 3 is 2.56 bits per heavy atom. The lowest BCUT2D eigenvalue weighted by atomic mass is 9.87. The Morgan fingerprint density at radius 2 is 1.72 bits per heavy atom. The zero-order chi connectivity index (χ0) is 12.7. The molecule has 18 heavy (non-hydrogen) atoms. The highest BCUT2D eigenvalue weighted by Crippen LogP contribution is 2.40. The summed E-state index contributed by atoms with van der Waals surface area (Å²) < 4.78 is 6.06. The predicted octanol–water partition coefficient (Wildman–Crippen LogP) is 4.35. The van der Waals surface area contributed by atoms with E-state index in [0.29, 0.717) is 12.5 Å². The van der Waals surface area contributed by atoms with Crippen molar-refractivity contribution >= 4 is 0 Å². The molecule has 1 atom stereocenters. The minimum absolute atomic E-state index is 0.401. The van der Waals surface area contributed by atoms with E-state index in [0.717, 1.165) is 5.75 Å². The van der Waals surface area contributed by atoms with Crippen molar-refractivity contribution in [2.75, 3.05) is 0 Å². The van der Waals surface area contributed by atoms with Crippen LogP contribution in [0.3, 0.4) is 0 Å². The summed E-state index contributed by atoms with van der Waals surface area (Å²) in [5, 5.41) is 0. The van der Waals surface area contributed by atoms with E-state index in [2.05, 4.69) is 57.2 Å². The molecular formula is C17H18O. The lowest BCUT2D eigenvalue weighted by Gasteiger charge is -2.18. The number of ether oxygens (including phenoxy) is 1. The third kappa shape index (κ3) is 1.62. The summed E-state index contributed by atoms with van der Waals surface area (Å²) >= 11 is 0. The Kier molecular flexibility index (Phi) is 2.62. The number of aryl methyl sites for hydroxylation is 2. The van der Waals surface area contributed by atoms with E-state index < -0.39 is 0 Å². The van der Waals surface area contributed by atoms with Crippen molar-refractivity contribution in [3.8, 4) is 5.75 Å². The largest absolute Gasteiger partial charge is 0.488 e. The quantitative estimate of drug-likeness (QED) is 0.663. The van der Waals surface area contributed by atoms with E-state index in [4.69, 9.17) is 4.74 Å². The summed E-state index contributed by atoms with van der Waals surface area (Å²) in [6, 6.07) is 12.9. The van der Waals surface area contributed by atoms with E-state index in [9.17, 15) is 0 Å². The van der Waals surface area contributed by atoms with Crippen LogP contribution in [0.25, 0.3) is 0 Å². The Balaban J connectivity index is 2.25. The highest BCUT2D eigenvalue weighted by Gasteiger charge is 2.23. The molecule has 2 aromatic rings. The van der Waals surface area contributed by atoms with Gasteiger partial charge in [-0.2, -0.15) is 0 Å². The van der Waals surface area contributed by atoms with Gasteiger partial charge >= 0.3 is 0 Å². The molecule has 1 heterocycles. The van der Waals surface area contributed by atoms with Crippen LogP contribution in [0.5, 0.6) is 5.75 Å². The average molecular weight is 238 g/mol. The van der Waals surface area contributed by atoms with Gasteiger partial charge in [0, 0.05) is 11.5 Å². The van der Waals surface area contributed by atoms with Gasteiger partial charge in [0.15, 0.2) is 0 Å². The van der Waals surface area contributed by atoms with Crippen LogP contribution in [0.1, 0.15) is 40.7 Å². The summed E-state index contributed by atoms with van der Waals surface area (Å²) in [6.07, 6.45) is 0. The number of rotatable bonds is 0. The van der Waals surface area contributed by atoms with Crippen LogP contribution in [-0.4, -0.2) is 0 Å². The molecule has 1 nitrogen and oxygen atoms in total. The summed E-state index contributed by atoms with van der Waals surface area (Å²) in [5.41, 5.74) is 6.60. The first-order valence-electron chi connectivity index (χ1n) is 6.49. The normalized spacial score (nSPS) is 17.4. The molecule has 1 aliphatic rings. The molecule has 92 valence electrons. The zero-order valence-corrected chi connectivity index (χ0v) is 11.2. The molecule has 0 bridgehead atoms. The van der Waals surface area contributed by atoms with Crippen LogP contribution >= 0.6 is 0 Å². The van der Waals surface area contributed by atoms with Crippen molar-refractivity contribution in [1.82, 2.24) is 0 Å². The van der Waals surface area contributed by atoms with E-state index >= 15 is 0 Å². The monoisotopic (exact) mass is 238 g/mol. The predicted molar refractivity (Wildman–Crippen MR) is 74.2 cm³/mol. The van der Waals surface area contributed by atoms with Crippen LogP contribution in [0, 0.1) is 13.8 Å². The van der Waals surface area contributed by atoms with Crippen molar-refractivity contribution in [3.05, 3.63) is 64.2 Å². The lowest BCUT2D eigenvalue weighted by Crippen LogP contribution is -2.00. The maximum Gasteiger partial charge on any atom is 0.126 e. The van der Waals surface area contributed by atoms with Crippen LogP contribution in [0.15, 0.2) is 36.4 Å². The minimum atomic E-state index is 0.401. The van der Waals surface area contributed by atoms with Crippen molar-refractivity contribution in [1.29, 1.82) is 0 Å². The van der Waals surface area contributed by atoms with Gasteiger partial charge in [0.2, 0.25) is 0 Å². The molecule has 1 aliphatic heterocycles. The minimum Gasteiger partial charge on any atom is -0.488 e. The highest BCUT2D eigenvalue weighted by molar-refractivity contribution is 5.53. The molecular weight excluding hydrogens is 220 g/mol. The third-order valence-corrected chi connectivity index (χ3v) is 3.94. The molecule has 0 radical (unpaired) electrons. The molecule has 1 heteroatoms. The topological polar surface area (TPSA) is 9.23 Å². The summed E-state index contributed by atoms with van der Waals surface area (Å²) in [4.78, 5) is 0. The molecule has 0 N–H and O–H groups in total. The second-order valence-corrected chi connectivity index (χ2v) is 5.15. The third-order valence-electron chi connectivity index (χ3n) is 3.94. The van der Waals surface area contributed by atoms with Gasteiger partial charge < -0.3 is 4.74 Å². The Bertz CT molecular complexity index is 599. The van der Waals surface area contributed by atoms with Gasteiger partial charge in [0.25, 0.3) is 0 Å². The van der Waals surface area contributed by atoms with Gasteiger partial charge in [-0.05, 0) is 36.1 Å². The van der Waals surface area contributed by atoms with Gasteiger partial charge in [0.05, 0.1) is 0 Å². The maximum atomic E-state index is 6.06. The first kappa shape index (κ1) is 11.3. The zero-order valence-electron chi connectivity index (χ0n) is 11.2. The standard InChI is InChI=1S/C17H18O/c1-11-8-9-12(2)17-16(11)13(3)15-7-5-4-6-14(15)10-18-17/h4-9,13H,10H2,1-3H3/t13-/m1/s1. The maximum absolute atomic E-state index is 6.06. The van der Waals surface area contributed by atoms with Crippen molar-refractivity contribution < 1.29 is 4.74 Å². The van der Waals surface area contributed by atoms with Crippen molar-refractivity contribution in [2.45, 2.75) is 33.3 Å². The van der Waals surface area contributed by atoms with Crippen LogP contribution in [0.2, 0.25) is 0 Å². The number of fused-ring (bicyclic) bond motifs is 2. The second kappa shape index (κ2) is 4.16. The van der Waals surface area contributed by atoms with Gasteiger partial charge in [-0.25, -0.2) is 0 Å². The Hall–Kier alpha value is -1.76. The molecule has 0 spiro atoms. The Morgan fingerprint density at radius 1 is 1.00 bits per heavy atom. The lowest BCUT2D eigenvalue weighted by molar-refractivity contribution is 0.304. The van der Waals surface area contributed by atoms with Crippen molar-refractivity contribution in [2.24, 2.45) is 0 Å². The SMILES string of the molecule is Cc1ccc(C)c2c1OCc1ccccc1[C@H]2C. The molecule has 3 rings (SSSR count). The van der Waals surface area contributed by atoms with Crippen LogP contribution in [0.4, 0.5) is 0 Å². The average Bonchev–Trinajstić information content (AvgIpc) is 2.53. The Labute approximate surface area is 108 Å². The van der Waals surface area contributed by atoms with Crippen LogP contribution < -0.4 is 4.74 Å². The van der Waals surface area contributed by atoms with E-state index in [1.54, 1.807) is 0 Å². The molecule has 0 aromatic heterocycles. The van der Waals surface area contributed by atoms with E-state index in [1.165, 1.54) is 27.8 Å². The van der Waals surface area contributed by atoms with Gasteiger partial charge in [0.1, 0.15) is 12.4 Å². The highest BCUT2D eigenvalue weighted by atomic mass is 16.5. The molecule has 0 fully saturated rings. The van der Waals surface area contributed by atoms with Gasteiger partial charge in [-0.15, -0.1) is 0 Å². The number of hydrogen-bond acceptors (Lipinski definition) is 1. The molecule has 0 aliphatic carbocycles. The molecule has 0 unspecified atom stereocenters. The fourth-order valence-electron chi connectivity index (χ4n) is 2.93. The number of benzene rings is 2. The first-order valence-corrected chi connectivity index (χ1v) is 6.49. The summed E-state index contributed by atoms with van der Waals surface area (Å²) in [7, 11) is 0. The summed E-state index contributed by atoms with van der Waals surface area (Å²) in [5.74, 6) is 1.48. The van der Waals surface area contributed by atoms with E-state index in [-0.39, 0.29) is 0 Å². The first-order chi connectivity index (χ1) is 8.68. The summed E-state index contributed by atoms with van der Waals surface area (Å²) in [6.45, 7) is 7.25. The number of hydrogen-bond donors (Lipinski definition) is 0. The van der Waals surface area contributed by atoms with Crippen molar-refractivity contribution in [3.63, 3.8) is 0 Å².